The molecule has 0 unspecified atom stereocenters. The Hall–Kier alpha value is -3.22. The van der Waals surface area contributed by atoms with Crippen LogP contribution in [-0.2, 0) is 20.7 Å². The first-order valence-electron chi connectivity index (χ1n) is 10.4. The van der Waals surface area contributed by atoms with Crippen molar-refractivity contribution in [1.82, 2.24) is 5.32 Å². The normalized spacial score (nSPS) is 16.9. The number of ether oxygens (including phenoxy) is 1. The summed E-state index contributed by atoms with van der Waals surface area (Å²) in [5.41, 5.74) is -0.566. The molecule has 1 aliphatic rings. The van der Waals surface area contributed by atoms with E-state index in [1.54, 1.807) is 0 Å². The molecule has 9 heteroatoms. The molecule has 0 radical (unpaired) electrons. The topological polar surface area (TPSA) is 80.6 Å². The van der Waals surface area contributed by atoms with Gasteiger partial charge in [0.05, 0.1) is 11.2 Å². The van der Waals surface area contributed by atoms with Crippen molar-refractivity contribution in [2.75, 3.05) is 6.54 Å². The van der Waals surface area contributed by atoms with Gasteiger partial charge in [-0.1, -0.05) is 36.4 Å². The molecule has 1 fully saturated rings. The Morgan fingerprint density at radius 3 is 2.24 bits per heavy atom. The number of rotatable bonds is 6. The zero-order valence-electron chi connectivity index (χ0n) is 18.9. The monoisotopic (exact) mass is 454 g/mol. The van der Waals surface area contributed by atoms with E-state index in [-0.39, 0.29) is 18.7 Å². The van der Waals surface area contributed by atoms with E-state index in [0.29, 0.717) is 5.47 Å². The molecule has 1 saturated heterocycles. The molecule has 1 aliphatic heterocycles. The van der Waals surface area contributed by atoms with Crippen molar-refractivity contribution in [2.45, 2.75) is 45.5 Å². The average molecular weight is 454 g/mol. The number of amides is 1. The van der Waals surface area contributed by atoms with E-state index >= 15 is 0 Å². The van der Waals surface area contributed by atoms with Crippen molar-refractivity contribution in [1.29, 1.82) is 5.26 Å². The van der Waals surface area contributed by atoms with Crippen LogP contribution in [-0.4, -0.2) is 31.0 Å². The van der Waals surface area contributed by atoms with Crippen LogP contribution in [0, 0.1) is 23.0 Å². The Kier molecular flexibility index (Phi) is 7.20. The molecule has 172 valence electrons. The van der Waals surface area contributed by atoms with Crippen LogP contribution in [0.1, 0.15) is 44.4 Å². The minimum Gasteiger partial charge on any atom is -0.445 e. The SMILES string of the molecule is CC1(C)OB(C(=Cc2cc(F)c(C#N)c(F)c2)CNC(=O)OCc2ccccc2)OC1(C)C. The summed E-state index contributed by atoms with van der Waals surface area (Å²) >= 11 is 0. The van der Waals surface area contributed by atoms with Gasteiger partial charge in [-0.25, -0.2) is 13.6 Å². The molecule has 6 nitrogen and oxygen atoms in total. The van der Waals surface area contributed by atoms with E-state index in [1.807, 2.05) is 58.0 Å². The maximum atomic E-state index is 14.1. The number of hydrogen-bond acceptors (Lipinski definition) is 5. The van der Waals surface area contributed by atoms with Crippen molar-refractivity contribution in [3.8, 4) is 6.07 Å². The number of halogens is 2. The lowest BCUT2D eigenvalue weighted by molar-refractivity contribution is 0.00578. The summed E-state index contributed by atoms with van der Waals surface area (Å²) < 4.78 is 45.5. The number of hydrogen-bond donors (Lipinski definition) is 1. The number of benzene rings is 2. The van der Waals surface area contributed by atoms with Gasteiger partial charge in [-0.15, -0.1) is 0 Å². The highest BCUT2D eigenvalue weighted by Gasteiger charge is 2.52. The Morgan fingerprint density at radius 2 is 1.70 bits per heavy atom. The molecular formula is C24H25BF2N2O4. The van der Waals surface area contributed by atoms with Crippen molar-refractivity contribution in [3.63, 3.8) is 0 Å². The molecule has 33 heavy (non-hydrogen) atoms. The summed E-state index contributed by atoms with van der Waals surface area (Å²) in [6.45, 7) is 7.52. The van der Waals surface area contributed by atoms with E-state index < -0.39 is 41.6 Å². The first-order valence-corrected chi connectivity index (χ1v) is 10.4. The van der Waals surface area contributed by atoms with Gasteiger partial charge in [-0.05, 0) is 56.4 Å². The van der Waals surface area contributed by atoms with Crippen molar-refractivity contribution >= 4 is 19.3 Å². The Bertz CT molecular complexity index is 1060. The molecule has 1 amide bonds. The highest BCUT2D eigenvalue weighted by Crippen LogP contribution is 2.38. The van der Waals surface area contributed by atoms with Crippen LogP contribution in [0.4, 0.5) is 13.6 Å². The molecule has 0 aromatic heterocycles. The average Bonchev–Trinajstić information content (AvgIpc) is 2.97. The number of nitrogens with zero attached hydrogens (tertiary/aromatic N) is 1. The van der Waals surface area contributed by atoms with Crippen LogP contribution in [0.15, 0.2) is 47.9 Å². The van der Waals surface area contributed by atoms with Gasteiger partial charge in [0.25, 0.3) is 0 Å². The van der Waals surface area contributed by atoms with Crippen molar-refractivity contribution in [2.24, 2.45) is 0 Å². The summed E-state index contributed by atoms with van der Waals surface area (Å²) in [6.07, 6.45) is 0.797. The molecule has 1 N–H and O–H groups in total. The molecule has 0 spiro atoms. The summed E-state index contributed by atoms with van der Waals surface area (Å²) in [5.74, 6) is -1.96. The standard InChI is InChI=1S/C24H25BF2N2O4/c1-23(2)24(3,4)33-25(32-23)18(10-17-11-20(26)19(13-28)21(27)12-17)14-29-22(30)31-15-16-8-6-5-7-9-16/h5-12H,14-15H2,1-4H3,(H,29,30). The van der Waals surface area contributed by atoms with Crippen LogP contribution < -0.4 is 5.32 Å². The molecule has 3 rings (SSSR count). The van der Waals surface area contributed by atoms with E-state index in [9.17, 15) is 13.6 Å². The molecule has 0 aliphatic carbocycles. The van der Waals surface area contributed by atoms with Crippen LogP contribution in [0.3, 0.4) is 0 Å². The molecule has 0 saturated carbocycles. The Morgan fingerprint density at radius 1 is 1.12 bits per heavy atom. The fourth-order valence-electron chi connectivity index (χ4n) is 3.14. The van der Waals surface area contributed by atoms with Crippen LogP contribution in [0.2, 0.25) is 0 Å². The van der Waals surface area contributed by atoms with Gasteiger partial charge >= 0.3 is 13.2 Å². The van der Waals surface area contributed by atoms with E-state index in [4.69, 9.17) is 19.3 Å². The highest BCUT2D eigenvalue weighted by atomic mass is 19.1. The van der Waals surface area contributed by atoms with Crippen LogP contribution in [0.25, 0.3) is 6.08 Å². The largest absolute Gasteiger partial charge is 0.492 e. The minimum atomic E-state index is -0.979. The first kappa shape index (κ1) is 24.4. The van der Waals surface area contributed by atoms with Gasteiger partial charge < -0.3 is 19.4 Å². The highest BCUT2D eigenvalue weighted by molar-refractivity contribution is 6.56. The number of carbonyl (C=O) groups is 1. The molecule has 2 aromatic carbocycles. The third-order valence-electron chi connectivity index (χ3n) is 5.73. The Balaban J connectivity index is 1.80. The number of nitriles is 1. The fraction of sp³-hybridized carbons (Fsp3) is 0.333. The number of nitrogens with one attached hydrogen (secondary N) is 1. The van der Waals surface area contributed by atoms with E-state index in [0.717, 1.165) is 17.7 Å². The van der Waals surface area contributed by atoms with Gasteiger partial charge in [0.2, 0.25) is 0 Å². The third-order valence-corrected chi connectivity index (χ3v) is 5.73. The van der Waals surface area contributed by atoms with Gasteiger partial charge in [-0.2, -0.15) is 5.26 Å². The zero-order valence-corrected chi connectivity index (χ0v) is 18.9. The molecule has 0 atom stereocenters. The second-order valence-electron chi connectivity index (χ2n) is 8.69. The maximum Gasteiger partial charge on any atom is 0.492 e. The summed E-state index contributed by atoms with van der Waals surface area (Å²) in [7, 11) is -0.869. The van der Waals surface area contributed by atoms with E-state index in [2.05, 4.69) is 5.32 Å². The van der Waals surface area contributed by atoms with Gasteiger partial charge in [-0.3, -0.25) is 0 Å². The van der Waals surface area contributed by atoms with Crippen LogP contribution in [0.5, 0.6) is 0 Å². The van der Waals surface area contributed by atoms with E-state index in [1.165, 1.54) is 12.1 Å². The summed E-state index contributed by atoms with van der Waals surface area (Å²) in [4.78, 5) is 12.2. The van der Waals surface area contributed by atoms with Crippen molar-refractivity contribution < 1.29 is 27.6 Å². The summed E-state index contributed by atoms with van der Waals surface area (Å²) in [5, 5.41) is 11.5. The quantitative estimate of drug-likeness (QED) is 0.636. The van der Waals surface area contributed by atoms with Crippen LogP contribution >= 0.6 is 0 Å². The second kappa shape index (κ2) is 9.73. The minimum absolute atomic E-state index is 0.0479. The van der Waals surface area contributed by atoms with Gasteiger partial charge in [0.1, 0.15) is 29.9 Å². The van der Waals surface area contributed by atoms with Gasteiger partial charge in [0, 0.05) is 6.54 Å². The molecule has 2 aromatic rings. The number of alkyl carbamates (subject to hydrolysis) is 1. The molecular weight excluding hydrogens is 429 g/mol. The molecule has 0 bridgehead atoms. The van der Waals surface area contributed by atoms with Gasteiger partial charge in [0.15, 0.2) is 0 Å². The van der Waals surface area contributed by atoms with Crippen molar-refractivity contribution in [3.05, 3.63) is 76.3 Å². The first-order chi connectivity index (χ1) is 15.5. The predicted molar refractivity (Wildman–Crippen MR) is 120 cm³/mol. The molecule has 1 heterocycles. The fourth-order valence-corrected chi connectivity index (χ4v) is 3.14. The third kappa shape index (κ3) is 5.78. The zero-order chi connectivity index (χ0) is 24.2. The Labute approximate surface area is 192 Å². The maximum absolute atomic E-state index is 14.1. The lowest BCUT2D eigenvalue weighted by Crippen LogP contribution is -2.41. The smallest absolute Gasteiger partial charge is 0.445 e. The summed E-state index contributed by atoms with van der Waals surface area (Å²) in [6, 6.07) is 12.8. The predicted octanol–water partition coefficient (Wildman–Crippen LogP) is 4.78. The number of carbonyl (C=O) groups excluding carboxylic acids is 1. The lowest BCUT2D eigenvalue weighted by Gasteiger charge is -2.32. The second-order valence-corrected chi connectivity index (χ2v) is 8.69. The lowest BCUT2D eigenvalue weighted by atomic mass is 9.77.